The van der Waals surface area contributed by atoms with E-state index < -0.39 is 5.54 Å². The predicted octanol–water partition coefficient (Wildman–Crippen LogP) is 2.80. The summed E-state index contributed by atoms with van der Waals surface area (Å²) in [5.74, 6) is 3.32. The molecule has 0 spiro atoms. The predicted molar refractivity (Wildman–Crippen MR) is 85.5 cm³/mol. The first-order valence-corrected chi connectivity index (χ1v) is 8.98. The monoisotopic (exact) mass is 325 g/mol. The topological polar surface area (TPSA) is 74.2 Å². The highest BCUT2D eigenvalue weighted by Gasteiger charge is 2.28. The molecule has 1 unspecified atom stereocenters. The molecule has 0 aromatic carbocycles. The van der Waals surface area contributed by atoms with Crippen LogP contribution in [0.15, 0.2) is 10.6 Å². The molecule has 2 aromatic heterocycles. The molecule has 0 aliphatic carbocycles. The molecule has 0 amide bonds. The number of nitrogens with two attached hydrogens (primary N) is 1. The quantitative estimate of drug-likeness (QED) is 0.911. The van der Waals surface area contributed by atoms with Crippen molar-refractivity contribution in [3.63, 3.8) is 0 Å². The largest absolute Gasteiger partial charge is 0.379 e. The molecule has 114 valence electrons. The molecule has 0 saturated heterocycles. The molecule has 0 radical (unpaired) electrons. The van der Waals surface area contributed by atoms with E-state index in [2.05, 4.69) is 16.2 Å². The number of nitrogens with zero attached hydrogens (tertiary/aromatic N) is 2. The van der Waals surface area contributed by atoms with Gasteiger partial charge in [0.25, 0.3) is 5.89 Å². The maximum absolute atomic E-state index is 6.20. The Labute approximate surface area is 132 Å². The highest BCUT2D eigenvalue weighted by atomic mass is 32.2. The van der Waals surface area contributed by atoms with Crippen molar-refractivity contribution >= 4 is 23.1 Å². The summed E-state index contributed by atoms with van der Waals surface area (Å²) < 4.78 is 10.8. The van der Waals surface area contributed by atoms with Gasteiger partial charge in [0, 0.05) is 17.2 Å². The van der Waals surface area contributed by atoms with Gasteiger partial charge in [-0.25, -0.2) is 0 Å². The van der Waals surface area contributed by atoms with E-state index in [1.807, 2.05) is 25.6 Å². The summed E-state index contributed by atoms with van der Waals surface area (Å²) in [5, 5.41) is 4.03. The summed E-state index contributed by atoms with van der Waals surface area (Å²) in [6.07, 6.45) is 1.13. The number of thiophene rings is 1. The number of rotatable bonds is 5. The van der Waals surface area contributed by atoms with Gasteiger partial charge < -0.3 is 15.0 Å². The minimum atomic E-state index is -0.732. The van der Waals surface area contributed by atoms with Gasteiger partial charge in [0.05, 0.1) is 11.5 Å². The number of fused-ring (bicyclic) bond motifs is 1. The van der Waals surface area contributed by atoms with Crippen molar-refractivity contribution in [1.82, 2.24) is 10.1 Å². The van der Waals surface area contributed by atoms with Crippen molar-refractivity contribution in [3.05, 3.63) is 22.3 Å². The second-order valence-corrected chi connectivity index (χ2v) is 7.58. The molecule has 7 heteroatoms. The molecule has 0 saturated carbocycles. The van der Waals surface area contributed by atoms with E-state index in [0.29, 0.717) is 24.9 Å². The summed E-state index contributed by atoms with van der Waals surface area (Å²) in [5.41, 5.74) is 6.87. The van der Waals surface area contributed by atoms with Gasteiger partial charge in [0.1, 0.15) is 5.54 Å². The van der Waals surface area contributed by atoms with Crippen molar-refractivity contribution in [3.8, 4) is 10.8 Å². The first-order valence-electron chi connectivity index (χ1n) is 7.00. The average molecular weight is 325 g/mol. The number of ether oxygens (including phenoxy) is 1. The SMILES string of the molecule is CCOCC(C)(N)c1noc(-c2cc3c(s2)CCSC3)n1. The highest BCUT2D eigenvalue weighted by molar-refractivity contribution is 7.98. The first kappa shape index (κ1) is 15.0. The van der Waals surface area contributed by atoms with E-state index in [1.165, 1.54) is 16.2 Å². The third-order valence-corrected chi connectivity index (χ3v) is 5.61. The van der Waals surface area contributed by atoms with Gasteiger partial charge in [-0.3, -0.25) is 0 Å². The molecule has 0 bridgehead atoms. The van der Waals surface area contributed by atoms with E-state index in [0.717, 1.165) is 17.1 Å². The van der Waals surface area contributed by atoms with Crippen LogP contribution in [-0.2, 0) is 22.4 Å². The Kier molecular flexibility index (Phi) is 4.35. The minimum Gasteiger partial charge on any atom is -0.379 e. The van der Waals surface area contributed by atoms with Gasteiger partial charge in [0.15, 0.2) is 5.82 Å². The molecule has 3 heterocycles. The van der Waals surface area contributed by atoms with Gasteiger partial charge in [0.2, 0.25) is 0 Å². The van der Waals surface area contributed by atoms with Crippen LogP contribution in [0.5, 0.6) is 0 Å². The van der Waals surface area contributed by atoms with Crippen LogP contribution in [0, 0.1) is 0 Å². The third kappa shape index (κ3) is 3.15. The van der Waals surface area contributed by atoms with E-state index in [-0.39, 0.29) is 0 Å². The van der Waals surface area contributed by atoms with Crippen LogP contribution in [0.25, 0.3) is 10.8 Å². The maximum atomic E-state index is 6.20. The van der Waals surface area contributed by atoms with Gasteiger partial charge in [-0.15, -0.1) is 11.3 Å². The van der Waals surface area contributed by atoms with E-state index in [9.17, 15) is 0 Å². The highest BCUT2D eigenvalue weighted by Crippen LogP contribution is 2.36. The zero-order valence-corrected chi connectivity index (χ0v) is 13.9. The van der Waals surface area contributed by atoms with Crippen molar-refractivity contribution in [2.45, 2.75) is 31.6 Å². The van der Waals surface area contributed by atoms with Crippen LogP contribution in [-0.4, -0.2) is 29.1 Å². The lowest BCUT2D eigenvalue weighted by atomic mass is 10.1. The number of thioether (sulfide) groups is 1. The third-order valence-electron chi connectivity index (χ3n) is 3.38. The van der Waals surface area contributed by atoms with Crippen LogP contribution < -0.4 is 5.73 Å². The van der Waals surface area contributed by atoms with Crippen molar-refractivity contribution < 1.29 is 9.26 Å². The second kappa shape index (κ2) is 6.08. The first-order chi connectivity index (χ1) is 10.1. The molecule has 1 atom stereocenters. The summed E-state index contributed by atoms with van der Waals surface area (Å²) in [7, 11) is 0. The van der Waals surface area contributed by atoms with E-state index >= 15 is 0 Å². The van der Waals surface area contributed by atoms with Crippen molar-refractivity contribution in [2.75, 3.05) is 19.0 Å². The Balaban J connectivity index is 1.83. The molecule has 2 N–H and O–H groups in total. The fourth-order valence-electron chi connectivity index (χ4n) is 2.19. The summed E-state index contributed by atoms with van der Waals surface area (Å²) >= 11 is 3.72. The van der Waals surface area contributed by atoms with Crippen molar-refractivity contribution in [2.24, 2.45) is 5.73 Å². The lowest BCUT2D eigenvalue weighted by Gasteiger charge is -2.19. The molecule has 5 nitrogen and oxygen atoms in total. The van der Waals surface area contributed by atoms with Crippen molar-refractivity contribution in [1.29, 1.82) is 0 Å². The van der Waals surface area contributed by atoms with Crippen LogP contribution in [0.4, 0.5) is 0 Å². The molecule has 3 rings (SSSR count). The molecular weight excluding hydrogens is 306 g/mol. The molecule has 0 fully saturated rings. The fourth-order valence-corrected chi connectivity index (χ4v) is 4.48. The van der Waals surface area contributed by atoms with Gasteiger partial charge in [-0.1, -0.05) is 5.16 Å². The summed E-state index contributed by atoms with van der Waals surface area (Å²) in [4.78, 5) is 6.94. The zero-order valence-electron chi connectivity index (χ0n) is 12.2. The van der Waals surface area contributed by atoms with Crippen LogP contribution in [0.1, 0.15) is 30.1 Å². The average Bonchev–Trinajstić information content (AvgIpc) is 3.11. The molecular formula is C14H19N3O2S2. The van der Waals surface area contributed by atoms with Crippen LogP contribution >= 0.6 is 23.1 Å². The lowest BCUT2D eigenvalue weighted by molar-refractivity contribution is 0.0962. The minimum absolute atomic E-state index is 0.375. The number of hydrogen-bond acceptors (Lipinski definition) is 7. The van der Waals surface area contributed by atoms with Gasteiger partial charge >= 0.3 is 0 Å². The number of aryl methyl sites for hydroxylation is 1. The van der Waals surface area contributed by atoms with Gasteiger partial charge in [-0.2, -0.15) is 16.7 Å². The molecule has 21 heavy (non-hydrogen) atoms. The summed E-state index contributed by atoms with van der Waals surface area (Å²) in [6.45, 7) is 4.78. The van der Waals surface area contributed by atoms with E-state index in [1.54, 1.807) is 11.3 Å². The molecule has 1 aliphatic heterocycles. The van der Waals surface area contributed by atoms with Crippen LogP contribution in [0.3, 0.4) is 0 Å². The number of aromatic nitrogens is 2. The number of hydrogen-bond donors (Lipinski definition) is 1. The Morgan fingerprint density at radius 3 is 3.14 bits per heavy atom. The van der Waals surface area contributed by atoms with E-state index in [4.69, 9.17) is 15.0 Å². The standard InChI is InChI=1S/C14H19N3O2S2/c1-3-18-8-14(2,15)13-16-12(19-17-13)11-6-9-7-20-5-4-10(9)21-11/h6H,3-5,7-8,15H2,1-2H3. The van der Waals surface area contributed by atoms with Gasteiger partial charge in [-0.05, 0) is 37.7 Å². The lowest BCUT2D eigenvalue weighted by Crippen LogP contribution is -2.39. The molecule has 2 aromatic rings. The zero-order chi connectivity index (χ0) is 14.9. The normalized spacial score (nSPS) is 17.5. The Bertz CT molecular complexity index is 598. The second-order valence-electron chi connectivity index (χ2n) is 5.34. The maximum Gasteiger partial charge on any atom is 0.268 e. The van der Waals surface area contributed by atoms with Crippen LogP contribution in [0.2, 0.25) is 0 Å². The Hall–Kier alpha value is -0.890. The Morgan fingerprint density at radius 1 is 1.52 bits per heavy atom. The Morgan fingerprint density at radius 2 is 2.38 bits per heavy atom. The smallest absolute Gasteiger partial charge is 0.268 e. The summed E-state index contributed by atoms with van der Waals surface area (Å²) in [6, 6.07) is 2.17. The fraction of sp³-hybridized carbons (Fsp3) is 0.571. The molecule has 1 aliphatic rings.